The Labute approximate surface area is 123 Å². The van der Waals surface area contributed by atoms with Crippen LogP contribution in [0.25, 0.3) is 0 Å². The van der Waals surface area contributed by atoms with Gasteiger partial charge in [-0.15, -0.1) is 0 Å². The summed E-state index contributed by atoms with van der Waals surface area (Å²) in [6.07, 6.45) is 4.68. The third-order valence-electron chi connectivity index (χ3n) is 3.63. The van der Waals surface area contributed by atoms with E-state index in [0.29, 0.717) is 22.6 Å². The van der Waals surface area contributed by atoms with Crippen molar-refractivity contribution in [3.63, 3.8) is 0 Å². The third-order valence-corrected chi connectivity index (χ3v) is 6.43. The zero-order chi connectivity index (χ0) is 14.0. The molecule has 1 saturated carbocycles. The number of hydrogen-bond donors (Lipinski definition) is 1. The summed E-state index contributed by atoms with van der Waals surface area (Å²) in [5, 5.41) is 0. The lowest BCUT2D eigenvalue weighted by Crippen LogP contribution is -2.31. The van der Waals surface area contributed by atoms with Crippen molar-refractivity contribution in [2.45, 2.75) is 30.6 Å². The standard InChI is InChI=1S/C13H19BrN2O2S/c1-16(9-10-4-2-3-5-10)19(17,18)13-7-6-11(15)8-12(13)14/h6-8,10H,2-5,9,15H2,1H3. The van der Waals surface area contributed by atoms with Crippen molar-refractivity contribution >= 4 is 31.6 Å². The molecule has 0 bridgehead atoms. The molecule has 106 valence electrons. The predicted octanol–water partition coefficient (Wildman–Crippen LogP) is 2.84. The van der Waals surface area contributed by atoms with Crippen LogP contribution in [-0.4, -0.2) is 26.3 Å². The maximum Gasteiger partial charge on any atom is 0.243 e. The average Bonchev–Trinajstić information content (AvgIpc) is 2.81. The first kappa shape index (κ1) is 14.8. The molecule has 0 heterocycles. The molecule has 0 spiro atoms. The first-order valence-electron chi connectivity index (χ1n) is 6.42. The normalized spacial score (nSPS) is 17.2. The van der Waals surface area contributed by atoms with E-state index >= 15 is 0 Å². The number of sulfonamides is 1. The summed E-state index contributed by atoms with van der Waals surface area (Å²) in [5.41, 5.74) is 6.19. The fourth-order valence-corrected chi connectivity index (χ4v) is 4.85. The van der Waals surface area contributed by atoms with E-state index in [4.69, 9.17) is 5.73 Å². The minimum atomic E-state index is -3.44. The van der Waals surface area contributed by atoms with E-state index in [0.717, 1.165) is 12.8 Å². The van der Waals surface area contributed by atoms with E-state index in [1.165, 1.54) is 17.1 Å². The summed E-state index contributed by atoms with van der Waals surface area (Å²) >= 11 is 3.28. The Bertz CT molecular complexity index is 554. The van der Waals surface area contributed by atoms with Crippen molar-refractivity contribution in [2.75, 3.05) is 19.3 Å². The smallest absolute Gasteiger partial charge is 0.243 e. The molecule has 0 saturated heterocycles. The van der Waals surface area contributed by atoms with Gasteiger partial charge in [-0.3, -0.25) is 0 Å². The molecule has 0 aromatic heterocycles. The Morgan fingerprint density at radius 3 is 2.58 bits per heavy atom. The lowest BCUT2D eigenvalue weighted by atomic mass is 10.1. The highest BCUT2D eigenvalue weighted by molar-refractivity contribution is 9.10. The van der Waals surface area contributed by atoms with Gasteiger partial charge in [0.1, 0.15) is 0 Å². The molecule has 1 aromatic carbocycles. The number of anilines is 1. The monoisotopic (exact) mass is 346 g/mol. The second kappa shape index (κ2) is 5.81. The molecule has 1 aromatic rings. The van der Waals surface area contributed by atoms with Gasteiger partial charge in [-0.1, -0.05) is 12.8 Å². The molecule has 0 unspecified atom stereocenters. The molecule has 0 aliphatic heterocycles. The van der Waals surface area contributed by atoms with Crippen molar-refractivity contribution in [3.05, 3.63) is 22.7 Å². The molecule has 2 N–H and O–H groups in total. The minimum Gasteiger partial charge on any atom is -0.399 e. The van der Waals surface area contributed by atoms with E-state index in [9.17, 15) is 8.42 Å². The van der Waals surface area contributed by atoms with Crippen LogP contribution in [0.3, 0.4) is 0 Å². The van der Waals surface area contributed by atoms with Gasteiger partial charge < -0.3 is 5.73 Å². The summed E-state index contributed by atoms with van der Waals surface area (Å²) < 4.78 is 27.0. The fraction of sp³-hybridized carbons (Fsp3) is 0.538. The molecular formula is C13H19BrN2O2S. The zero-order valence-corrected chi connectivity index (χ0v) is 13.4. The molecule has 19 heavy (non-hydrogen) atoms. The molecule has 0 radical (unpaired) electrons. The van der Waals surface area contributed by atoms with Gasteiger partial charge in [0.15, 0.2) is 0 Å². The number of benzene rings is 1. The van der Waals surface area contributed by atoms with Crippen molar-refractivity contribution in [2.24, 2.45) is 5.92 Å². The van der Waals surface area contributed by atoms with Crippen LogP contribution in [0.5, 0.6) is 0 Å². The molecule has 4 nitrogen and oxygen atoms in total. The maximum atomic E-state index is 12.5. The lowest BCUT2D eigenvalue weighted by molar-refractivity contribution is 0.387. The van der Waals surface area contributed by atoms with E-state index in [1.54, 1.807) is 25.2 Å². The molecule has 0 atom stereocenters. The van der Waals surface area contributed by atoms with Gasteiger partial charge in [-0.05, 0) is 52.9 Å². The Hall–Kier alpha value is -0.590. The Morgan fingerprint density at radius 2 is 2.00 bits per heavy atom. The molecule has 1 fully saturated rings. The highest BCUT2D eigenvalue weighted by Crippen LogP contribution is 2.30. The zero-order valence-electron chi connectivity index (χ0n) is 11.0. The number of nitrogens with two attached hydrogens (primary N) is 1. The van der Waals surface area contributed by atoms with Crippen LogP contribution in [0.15, 0.2) is 27.6 Å². The molecule has 6 heteroatoms. The molecule has 2 rings (SSSR count). The Kier molecular flexibility index (Phi) is 4.53. The van der Waals surface area contributed by atoms with Gasteiger partial charge in [-0.2, -0.15) is 0 Å². The minimum absolute atomic E-state index is 0.280. The van der Waals surface area contributed by atoms with Crippen LogP contribution in [0.1, 0.15) is 25.7 Å². The Balaban J connectivity index is 2.20. The summed E-state index contributed by atoms with van der Waals surface area (Å²) in [4.78, 5) is 0.280. The van der Waals surface area contributed by atoms with E-state index < -0.39 is 10.0 Å². The quantitative estimate of drug-likeness (QED) is 0.852. The van der Waals surface area contributed by atoms with Crippen molar-refractivity contribution in [1.82, 2.24) is 4.31 Å². The summed E-state index contributed by atoms with van der Waals surface area (Å²) in [7, 11) is -1.79. The molecule has 0 amide bonds. The van der Waals surface area contributed by atoms with Crippen molar-refractivity contribution in [1.29, 1.82) is 0 Å². The number of rotatable bonds is 4. The highest BCUT2D eigenvalue weighted by atomic mass is 79.9. The van der Waals surface area contributed by atoms with Crippen LogP contribution < -0.4 is 5.73 Å². The van der Waals surface area contributed by atoms with Gasteiger partial charge in [0.2, 0.25) is 10.0 Å². The van der Waals surface area contributed by atoms with Gasteiger partial charge in [0, 0.05) is 23.8 Å². The van der Waals surface area contributed by atoms with Crippen LogP contribution in [0.4, 0.5) is 5.69 Å². The molecule has 1 aliphatic rings. The highest BCUT2D eigenvalue weighted by Gasteiger charge is 2.27. The number of nitrogen functional groups attached to an aromatic ring is 1. The molecule has 1 aliphatic carbocycles. The van der Waals surface area contributed by atoms with Crippen molar-refractivity contribution < 1.29 is 8.42 Å². The fourth-order valence-electron chi connectivity index (χ4n) is 2.55. The topological polar surface area (TPSA) is 63.4 Å². The largest absolute Gasteiger partial charge is 0.399 e. The van der Waals surface area contributed by atoms with Crippen LogP contribution >= 0.6 is 15.9 Å². The summed E-state index contributed by atoms with van der Waals surface area (Å²) in [6.45, 7) is 0.596. The first-order valence-corrected chi connectivity index (χ1v) is 8.66. The SMILES string of the molecule is CN(CC1CCCC1)S(=O)(=O)c1ccc(N)cc1Br. The number of hydrogen-bond acceptors (Lipinski definition) is 3. The van der Waals surface area contributed by atoms with E-state index in [-0.39, 0.29) is 4.90 Å². The number of halogens is 1. The third kappa shape index (κ3) is 3.30. The van der Waals surface area contributed by atoms with Gasteiger partial charge in [0.25, 0.3) is 0 Å². The second-order valence-corrected chi connectivity index (χ2v) is 7.99. The van der Waals surface area contributed by atoms with Crippen LogP contribution in [0, 0.1) is 5.92 Å². The second-order valence-electron chi connectivity index (χ2n) is 5.13. The van der Waals surface area contributed by atoms with Crippen LogP contribution in [-0.2, 0) is 10.0 Å². The predicted molar refractivity (Wildman–Crippen MR) is 80.3 cm³/mol. The Morgan fingerprint density at radius 1 is 1.37 bits per heavy atom. The first-order chi connectivity index (χ1) is 8.91. The van der Waals surface area contributed by atoms with Crippen molar-refractivity contribution in [3.8, 4) is 0 Å². The van der Waals surface area contributed by atoms with Gasteiger partial charge in [-0.25, -0.2) is 12.7 Å². The maximum absolute atomic E-state index is 12.5. The van der Waals surface area contributed by atoms with E-state index in [2.05, 4.69) is 15.9 Å². The summed E-state index contributed by atoms with van der Waals surface area (Å²) in [5.74, 6) is 0.493. The summed E-state index contributed by atoms with van der Waals surface area (Å²) in [6, 6.07) is 4.79. The van der Waals surface area contributed by atoms with E-state index in [1.807, 2.05) is 0 Å². The van der Waals surface area contributed by atoms with Gasteiger partial charge in [0.05, 0.1) is 4.90 Å². The van der Waals surface area contributed by atoms with Crippen LogP contribution in [0.2, 0.25) is 0 Å². The lowest BCUT2D eigenvalue weighted by Gasteiger charge is -2.21. The molecular weight excluding hydrogens is 328 g/mol. The van der Waals surface area contributed by atoms with Gasteiger partial charge >= 0.3 is 0 Å². The number of nitrogens with zero attached hydrogens (tertiary/aromatic N) is 1. The average molecular weight is 347 g/mol.